The lowest BCUT2D eigenvalue weighted by molar-refractivity contribution is 0.0704. The lowest BCUT2D eigenvalue weighted by Gasteiger charge is -2.31. The highest BCUT2D eigenvalue weighted by Gasteiger charge is 2.23. The lowest BCUT2D eigenvalue weighted by atomic mass is 10.0. The Morgan fingerprint density at radius 3 is 2.81 bits per heavy atom. The lowest BCUT2D eigenvalue weighted by Crippen LogP contribution is -2.43. The Labute approximate surface area is 113 Å². The van der Waals surface area contributed by atoms with Crippen molar-refractivity contribution in [3.8, 4) is 0 Å². The Hall–Kier alpha value is -0.140. The molecule has 1 aromatic rings. The van der Waals surface area contributed by atoms with Crippen LogP contribution in [0.15, 0.2) is 11.4 Å². The zero-order valence-electron chi connectivity index (χ0n) is 9.20. The molecule has 1 fully saturated rings. The van der Waals surface area contributed by atoms with Crippen molar-refractivity contribution < 1.29 is 4.79 Å². The van der Waals surface area contributed by atoms with Crippen LogP contribution in [0.1, 0.15) is 23.2 Å². The molecule has 5 heteroatoms. The van der Waals surface area contributed by atoms with Gasteiger partial charge in [0, 0.05) is 18.5 Å². The van der Waals surface area contributed by atoms with Gasteiger partial charge in [-0.25, -0.2) is 0 Å². The number of carbonyl (C=O) groups excluding carboxylic acids is 1. The van der Waals surface area contributed by atoms with Crippen molar-refractivity contribution in [1.82, 2.24) is 10.2 Å². The van der Waals surface area contributed by atoms with Crippen molar-refractivity contribution in [3.05, 3.63) is 19.9 Å². The van der Waals surface area contributed by atoms with Crippen molar-refractivity contribution >= 4 is 39.8 Å². The van der Waals surface area contributed by atoms with E-state index in [-0.39, 0.29) is 5.91 Å². The van der Waals surface area contributed by atoms with Crippen LogP contribution in [0.3, 0.4) is 0 Å². The van der Waals surface area contributed by atoms with E-state index in [1.165, 1.54) is 2.88 Å². The maximum Gasteiger partial charge on any atom is 0.254 e. The van der Waals surface area contributed by atoms with Gasteiger partial charge in [0.2, 0.25) is 0 Å². The molecule has 1 N–H and O–H groups in total. The zero-order chi connectivity index (χ0) is 11.5. The van der Waals surface area contributed by atoms with Crippen LogP contribution in [0.2, 0.25) is 0 Å². The Balaban J connectivity index is 2.03. The number of carbonyl (C=O) groups is 1. The summed E-state index contributed by atoms with van der Waals surface area (Å²) in [6.07, 6.45) is 2.12. The number of thiophene rings is 1. The van der Waals surface area contributed by atoms with E-state index in [4.69, 9.17) is 0 Å². The molecule has 3 nitrogen and oxygen atoms in total. The maximum absolute atomic E-state index is 12.2. The van der Waals surface area contributed by atoms with Gasteiger partial charge in [-0.3, -0.25) is 4.79 Å². The van der Waals surface area contributed by atoms with E-state index in [0.717, 1.165) is 31.5 Å². The van der Waals surface area contributed by atoms with Crippen LogP contribution in [-0.4, -0.2) is 37.0 Å². The number of amides is 1. The van der Waals surface area contributed by atoms with Crippen molar-refractivity contribution in [2.75, 3.05) is 20.1 Å². The van der Waals surface area contributed by atoms with E-state index in [0.29, 0.717) is 6.04 Å². The smallest absolute Gasteiger partial charge is 0.254 e. The Bertz CT molecular complexity index is 374. The van der Waals surface area contributed by atoms with Gasteiger partial charge in [-0.2, -0.15) is 0 Å². The molecule has 2 rings (SSSR count). The van der Waals surface area contributed by atoms with Crippen LogP contribution >= 0.6 is 33.9 Å². The number of hydrogen-bond donors (Lipinski definition) is 1. The first-order valence-electron chi connectivity index (χ1n) is 5.40. The topological polar surface area (TPSA) is 32.3 Å². The summed E-state index contributed by atoms with van der Waals surface area (Å²) >= 11 is 3.87. The second-order valence-electron chi connectivity index (χ2n) is 4.04. The Kier molecular flexibility index (Phi) is 4.21. The van der Waals surface area contributed by atoms with Gasteiger partial charge < -0.3 is 10.2 Å². The molecule has 88 valence electrons. The van der Waals surface area contributed by atoms with Gasteiger partial charge in [-0.05, 0) is 54.6 Å². The second-order valence-corrected chi connectivity index (χ2v) is 6.84. The van der Waals surface area contributed by atoms with Crippen LogP contribution in [0, 0.1) is 2.88 Å². The quantitative estimate of drug-likeness (QED) is 0.830. The summed E-state index contributed by atoms with van der Waals surface area (Å²) in [4.78, 5) is 14.1. The third-order valence-corrected chi connectivity index (χ3v) is 4.78. The summed E-state index contributed by atoms with van der Waals surface area (Å²) in [6, 6.07) is 2.36. The standard InChI is InChI=1S/C11H15IN2OS/c1-14(9-2-4-13-5-3-9)11(15)8-6-10(12)16-7-8/h6-7,9,13H,2-5H2,1H3. The largest absolute Gasteiger partial charge is 0.339 e. The monoisotopic (exact) mass is 350 g/mol. The molecule has 1 aromatic heterocycles. The fraction of sp³-hybridized carbons (Fsp3) is 0.545. The van der Waals surface area contributed by atoms with Crippen molar-refractivity contribution in [1.29, 1.82) is 0 Å². The van der Waals surface area contributed by atoms with Gasteiger partial charge in [-0.1, -0.05) is 0 Å². The molecular formula is C11H15IN2OS. The van der Waals surface area contributed by atoms with Gasteiger partial charge in [0.15, 0.2) is 0 Å². The van der Waals surface area contributed by atoms with Gasteiger partial charge in [0.05, 0.1) is 8.45 Å². The van der Waals surface area contributed by atoms with Crippen molar-refractivity contribution in [2.24, 2.45) is 0 Å². The minimum Gasteiger partial charge on any atom is -0.339 e. The SMILES string of the molecule is CN(C(=O)c1csc(I)c1)C1CCNCC1. The summed E-state index contributed by atoms with van der Waals surface area (Å²) in [5.74, 6) is 0.158. The predicted molar refractivity (Wildman–Crippen MR) is 75.0 cm³/mol. The molecule has 1 aliphatic heterocycles. The molecule has 1 amide bonds. The first-order chi connectivity index (χ1) is 7.68. The van der Waals surface area contributed by atoms with E-state index >= 15 is 0 Å². The van der Waals surface area contributed by atoms with Crippen LogP contribution in [0.25, 0.3) is 0 Å². The first kappa shape index (κ1) is 12.3. The molecule has 0 saturated carbocycles. The van der Waals surface area contributed by atoms with Crippen molar-refractivity contribution in [2.45, 2.75) is 18.9 Å². The number of nitrogens with one attached hydrogen (secondary N) is 1. The third-order valence-electron chi connectivity index (χ3n) is 2.99. The maximum atomic E-state index is 12.2. The highest BCUT2D eigenvalue weighted by atomic mass is 127. The second kappa shape index (κ2) is 5.46. The number of piperidine rings is 1. The molecule has 2 heterocycles. The number of hydrogen-bond acceptors (Lipinski definition) is 3. The van der Waals surface area contributed by atoms with Gasteiger partial charge in [0.25, 0.3) is 5.91 Å². The third kappa shape index (κ3) is 2.75. The van der Waals surface area contributed by atoms with Crippen molar-refractivity contribution in [3.63, 3.8) is 0 Å². The molecule has 1 aliphatic rings. The van der Waals surface area contributed by atoms with Crippen LogP contribution < -0.4 is 5.32 Å². The molecule has 0 unspecified atom stereocenters. The summed E-state index contributed by atoms with van der Waals surface area (Å²) in [5, 5.41) is 5.26. The number of nitrogens with zero attached hydrogens (tertiary/aromatic N) is 1. The molecule has 16 heavy (non-hydrogen) atoms. The molecule has 1 saturated heterocycles. The number of rotatable bonds is 2. The summed E-state index contributed by atoms with van der Waals surface area (Å²) in [7, 11) is 1.92. The van der Waals surface area contributed by atoms with Gasteiger partial charge in [0.1, 0.15) is 0 Å². The summed E-state index contributed by atoms with van der Waals surface area (Å²) in [6.45, 7) is 2.03. The van der Waals surface area contributed by atoms with Crippen LogP contribution in [-0.2, 0) is 0 Å². The molecule has 0 bridgehead atoms. The zero-order valence-corrected chi connectivity index (χ0v) is 12.2. The number of halogens is 1. The Morgan fingerprint density at radius 1 is 1.56 bits per heavy atom. The highest BCUT2D eigenvalue weighted by Crippen LogP contribution is 2.20. The normalized spacial score (nSPS) is 17.4. The van der Waals surface area contributed by atoms with Crippen LogP contribution in [0.4, 0.5) is 0 Å². The highest BCUT2D eigenvalue weighted by molar-refractivity contribution is 14.1. The minimum absolute atomic E-state index is 0.158. The molecule has 0 radical (unpaired) electrons. The fourth-order valence-electron chi connectivity index (χ4n) is 1.99. The van der Waals surface area contributed by atoms with Gasteiger partial charge in [-0.15, -0.1) is 11.3 Å². The predicted octanol–water partition coefficient (Wildman–Crippen LogP) is 2.18. The molecule has 0 spiro atoms. The molecule has 0 aliphatic carbocycles. The van der Waals surface area contributed by atoms with E-state index < -0.39 is 0 Å². The van der Waals surface area contributed by atoms with Crippen LogP contribution in [0.5, 0.6) is 0 Å². The average Bonchev–Trinajstić information content (AvgIpc) is 2.75. The Morgan fingerprint density at radius 2 is 2.25 bits per heavy atom. The summed E-state index contributed by atoms with van der Waals surface area (Å²) in [5.41, 5.74) is 0.829. The van der Waals surface area contributed by atoms with Gasteiger partial charge >= 0.3 is 0 Å². The molecule has 0 atom stereocenters. The molecular weight excluding hydrogens is 335 g/mol. The summed E-state index contributed by atoms with van der Waals surface area (Å²) < 4.78 is 1.17. The minimum atomic E-state index is 0.158. The first-order valence-corrected chi connectivity index (χ1v) is 7.36. The van der Waals surface area contributed by atoms with E-state index in [1.54, 1.807) is 11.3 Å². The molecule has 0 aromatic carbocycles. The van der Waals surface area contributed by atoms with E-state index in [9.17, 15) is 4.79 Å². The fourth-order valence-corrected chi connectivity index (χ4v) is 3.31. The van der Waals surface area contributed by atoms with E-state index in [2.05, 4.69) is 27.9 Å². The van der Waals surface area contributed by atoms with E-state index in [1.807, 2.05) is 23.4 Å². The average molecular weight is 350 g/mol.